The number of carbonyl (C=O) groups excluding carboxylic acids is 1. The maximum atomic E-state index is 12.0. The van der Waals surface area contributed by atoms with Crippen molar-refractivity contribution in [1.29, 1.82) is 0 Å². The highest BCUT2D eigenvalue weighted by Gasteiger charge is 2.37. The highest BCUT2D eigenvalue weighted by Crippen LogP contribution is 2.26. The molecule has 2 aliphatic heterocycles. The maximum Gasteiger partial charge on any atom is 0.225 e. The van der Waals surface area contributed by atoms with Gasteiger partial charge < -0.3 is 10.2 Å². The van der Waals surface area contributed by atoms with Gasteiger partial charge in [-0.05, 0) is 31.7 Å². The minimum atomic E-state index is 0.199. The van der Waals surface area contributed by atoms with Crippen molar-refractivity contribution in [2.24, 2.45) is 11.8 Å². The number of amides is 1. The Kier molecular flexibility index (Phi) is 3.29. The van der Waals surface area contributed by atoms with Crippen molar-refractivity contribution < 1.29 is 4.79 Å². The van der Waals surface area contributed by atoms with Gasteiger partial charge in [-0.2, -0.15) is 0 Å². The number of rotatable bonds is 2. The van der Waals surface area contributed by atoms with Crippen molar-refractivity contribution in [3.63, 3.8) is 0 Å². The number of nitrogens with one attached hydrogen (secondary N) is 1. The fourth-order valence-electron chi connectivity index (χ4n) is 2.71. The summed E-state index contributed by atoms with van der Waals surface area (Å²) in [7, 11) is 0. The first-order chi connectivity index (χ1) is 7.22. The van der Waals surface area contributed by atoms with Crippen molar-refractivity contribution in [3.8, 4) is 0 Å². The Hall–Kier alpha value is -0.570. The van der Waals surface area contributed by atoms with Crippen LogP contribution in [0.15, 0.2) is 0 Å². The molecule has 0 radical (unpaired) electrons. The molecule has 3 heteroatoms. The zero-order valence-corrected chi connectivity index (χ0v) is 9.83. The van der Waals surface area contributed by atoms with Crippen LogP contribution in [0.1, 0.15) is 33.1 Å². The van der Waals surface area contributed by atoms with E-state index in [1.54, 1.807) is 0 Å². The van der Waals surface area contributed by atoms with Crippen LogP contribution in [0, 0.1) is 11.8 Å². The molecule has 1 amide bonds. The third kappa shape index (κ3) is 2.17. The van der Waals surface area contributed by atoms with Gasteiger partial charge in [0.2, 0.25) is 5.91 Å². The Bertz CT molecular complexity index is 228. The fourth-order valence-corrected chi connectivity index (χ4v) is 2.71. The van der Waals surface area contributed by atoms with E-state index in [2.05, 4.69) is 17.1 Å². The number of piperidine rings is 1. The largest absolute Gasteiger partial charge is 0.341 e. The Morgan fingerprint density at radius 3 is 3.00 bits per heavy atom. The predicted octanol–water partition coefficient (Wildman–Crippen LogP) is 1.24. The monoisotopic (exact) mass is 210 g/mol. The van der Waals surface area contributed by atoms with Crippen molar-refractivity contribution in [2.75, 3.05) is 19.6 Å². The highest BCUT2D eigenvalue weighted by molar-refractivity contribution is 5.78. The summed E-state index contributed by atoms with van der Waals surface area (Å²) in [6.07, 6.45) is 3.52. The molecule has 0 aromatic heterocycles. The Balaban J connectivity index is 1.93. The van der Waals surface area contributed by atoms with Gasteiger partial charge in [-0.15, -0.1) is 0 Å². The molecule has 2 heterocycles. The Morgan fingerprint density at radius 2 is 2.33 bits per heavy atom. The van der Waals surface area contributed by atoms with Gasteiger partial charge in [-0.25, -0.2) is 0 Å². The van der Waals surface area contributed by atoms with Crippen LogP contribution >= 0.6 is 0 Å². The molecule has 0 bridgehead atoms. The molecular formula is C12H22N2O. The molecule has 3 atom stereocenters. The van der Waals surface area contributed by atoms with Gasteiger partial charge in [0.15, 0.2) is 0 Å². The lowest BCUT2D eigenvalue weighted by atomic mass is 9.94. The second-order valence-electron chi connectivity index (χ2n) is 5.02. The van der Waals surface area contributed by atoms with Gasteiger partial charge in [-0.1, -0.05) is 13.8 Å². The molecule has 0 aliphatic carbocycles. The molecule has 1 unspecified atom stereocenters. The molecule has 0 saturated carbocycles. The summed E-state index contributed by atoms with van der Waals surface area (Å²) in [6, 6.07) is 0.576. The minimum absolute atomic E-state index is 0.199. The van der Waals surface area contributed by atoms with Crippen LogP contribution in [0.4, 0.5) is 0 Å². The molecule has 1 N–H and O–H groups in total. The number of likely N-dealkylation sites (tertiary alicyclic amines) is 1. The van der Waals surface area contributed by atoms with E-state index < -0.39 is 0 Å². The second kappa shape index (κ2) is 4.52. The zero-order valence-electron chi connectivity index (χ0n) is 9.83. The van der Waals surface area contributed by atoms with E-state index in [-0.39, 0.29) is 5.92 Å². The molecule has 86 valence electrons. The highest BCUT2D eigenvalue weighted by atomic mass is 16.2. The lowest BCUT2D eigenvalue weighted by molar-refractivity contribution is -0.134. The molecule has 0 aromatic carbocycles. The average Bonchev–Trinajstić information content (AvgIpc) is 2.70. The fraction of sp³-hybridized carbons (Fsp3) is 0.917. The first kappa shape index (κ1) is 10.9. The molecule has 2 saturated heterocycles. The third-order valence-electron chi connectivity index (χ3n) is 3.94. The van der Waals surface area contributed by atoms with Gasteiger partial charge in [0.1, 0.15) is 0 Å². The van der Waals surface area contributed by atoms with E-state index in [4.69, 9.17) is 0 Å². The van der Waals surface area contributed by atoms with Gasteiger partial charge in [0.25, 0.3) is 0 Å². The number of carbonyl (C=O) groups is 1. The van der Waals surface area contributed by atoms with E-state index in [1.807, 2.05) is 6.92 Å². The smallest absolute Gasteiger partial charge is 0.225 e. The number of fused-ring (bicyclic) bond motifs is 1. The summed E-state index contributed by atoms with van der Waals surface area (Å²) in [5, 5.41) is 3.53. The standard InChI is InChI=1S/C12H22N2O/c1-3-9(2)12(15)14-7-10-5-4-6-13-11(10)8-14/h9-11,13H,3-8H2,1-2H3/t9?,10-,11+/m0/s1. The second-order valence-corrected chi connectivity index (χ2v) is 5.02. The van der Waals surface area contributed by atoms with Gasteiger partial charge >= 0.3 is 0 Å². The van der Waals surface area contributed by atoms with E-state index in [0.717, 1.165) is 26.1 Å². The van der Waals surface area contributed by atoms with E-state index in [0.29, 0.717) is 17.9 Å². The number of nitrogens with zero attached hydrogens (tertiary/aromatic N) is 1. The summed E-state index contributed by atoms with van der Waals surface area (Å²) in [5.74, 6) is 1.27. The molecule has 2 fully saturated rings. The van der Waals surface area contributed by atoms with Crippen LogP contribution in [-0.2, 0) is 4.79 Å². The normalized spacial score (nSPS) is 32.5. The van der Waals surface area contributed by atoms with Crippen LogP contribution in [-0.4, -0.2) is 36.5 Å². The van der Waals surface area contributed by atoms with Crippen LogP contribution in [0.2, 0.25) is 0 Å². The summed E-state index contributed by atoms with van der Waals surface area (Å²) >= 11 is 0. The van der Waals surface area contributed by atoms with Gasteiger partial charge in [0.05, 0.1) is 0 Å². The Labute approximate surface area is 92.2 Å². The predicted molar refractivity (Wildman–Crippen MR) is 60.5 cm³/mol. The van der Waals surface area contributed by atoms with Crippen LogP contribution < -0.4 is 5.32 Å². The van der Waals surface area contributed by atoms with Gasteiger partial charge in [0, 0.05) is 25.0 Å². The van der Waals surface area contributed by atoms with Crippen LogP contribution in [0.3, 0.4) is 0 Å². The van der Waals surface area contributed by atoms with Gasteiger partial charge in [-0.3, -0.25) is 4.79 Å². The summed E-state index contributed by atoms with van der Waals surface area (Å²) in [4.78, 5) is 14.1. The van der Waals surface area contributed by atoms with Crippen LogP contribution in [0.25, 0.3) is 0 Å². The molecule has 2 rings (SSSR count). The quantitative estimate of drug-likeness (QED) is 0.744. The lowest BCUT2D eigenvalue weighted by Gasteiger charge is -2.24. The third-order valence-corrected chi connectivity index (χ3v) is 3.94. The topological polar surface area (TPSA) is 32.3 Å². The van der Waals surface area contributed by atoms with Crippen molar-refractivity contribution in [2.45, 2.75) is 39.2 Å². The van der Waals surface area contributed by atoms with Crippen molar-refractivity contribution in [1.82, 2.24) is 10.2 Å². The number of hydrogen-bond acceptors (Lipinski definition) is 2. The van der Waals surface area contributed by atoms with E-state index in [9.17, 15) is 4.79 Å². The van der Waals surface area contributed by atoms with Crippen LogP contribution in [0.5, 0.6) is 0 Å². The molecule has 0 aromatic rings. The number of hydrogen-bond donors (Lipinski definition) is 1. The first-order valence-corrected chi connectivity index (χ1v) is 6.24. The molecule has 3 nitrogen and oxygen atoms in total. The zero-order chi connectivity index (χ0) is 10.8. The van der Waals surface area contributed by atoms with E-state index in [1.165, 1.54) is 12.8 Å². The molecule has 15 heavy (non-hydrogen) atoms. The maximum absolute atomic E-state index is 12.0. The lowest BCUT2D eigenvalue weighted by Crippen LogP contribution is -2.41. The molecular weight excluding hydrogens is 188 g/mol. The van der Waals surface area contributed by atoms with Crippen molar-refractivity contribution >= 4 is 5.91 Å². The first-order valence-electron chi connectivity index (χ1n) is 6.24. The summed E-state index contributed by atoms with van der Waals surface area (Å²) in [5.41, 5.74) is 0. The SMILES string of the molecule is CCC(C)C(=O)N1C[C@@H]2CCCN[C@@H]2C1. The minimum Gasteiger partial charge on any atom is -0.341 e. The average molecular weight is 210 g/mol. The summed E-state index contributed by atoms with van der Waals surface area (Å²) < 4.78 is 0. The van der Waals surface area contributed by atoms with Crippen molar-refractivity contribution in [3.05, 3.63) is 0 Å². The molecule has 0 spiro atoms. The molecule has 2 aliphatic rings. The summed E-state index contributed by atoms with van der Waals surface area (Å²) in [6.45, 7) is 7.18. The van der Waals surface area contributed by atoms with E-state index >= 15 is 0 Å². The Morgan fingerprint density at radius 1 is 1.53 bits per heavy atom.